The molecule has 1 aliphatic rings. The second-order valence-electron chi connectivity index (χ2n) is 5.79. The van der Waals surface area contributed by atoms with Crippen LogP contribution in [0.5, 0.6) is 0 Å². The van der Waals surface area contributed by atoms with Crippen LogP contribution in [-0.2, 0) is 4.79 Å². The van der Waals surface area contributed by atoms with Crippen LogP contribution in [0, 0.1) is 0 Å². The zero-order valence-corrected chi connectivity index (χ0v) is 15.7. The average Bonchev–Trinajstić information content (AvgIpc) is 2.61. The number of halogens is 3. The largest absolute Gasteiger partial charge is 0.368 e. The normalized spacial score (nSPS) is 15.0. The number of benzene rings is 2. The highest BCUT2D eigenvalue weighted by Gasteiger charge is 2.19. The minimum atomic E-state index is -0.0169. The minimum absolute atomic E-state index is 0.0169. The molecule has 1 heterocycles. The molecule has 0 N–H and O–H groups in total. The van der Waals surface area contributed by atoms with Gasteiger partial charge in [0.25, 0.3) is 0 Å². The third-order valence-corrected chi connectivity index (χ3v) is 4.93. The van der Waals surface area contributed by atoms with E-state index >= 15 is 0 Å². The SMILES string of the molecule is O=C(C=Cc1ccc(Cl)cc1Cl)N1CCN(c2cccc(Cl)c2)CC1. The fourth-order valence-electron chi connectivity index (χ4n) is 2.76. The van der Waals surface area contributed by atoms with Gasteiger partial charge in [0.05, 0.1) is 0 Å². The lowest BCUT2D eigenvalue weighted by Crippen LogP contribution is -2.48. The summed E-state index contributed by atoms with van der Waals surface area (Å²) in [6.45, 7) is 2.90. The first-order valence-corrected chi connectivity index (χ1v) is 9.09. The molecule has 1 amide bonds. The molecule has 2 aromatic carbocycles. The molecule has 0 spiro atoms. The summed E-state index contributed by atoms with van der Waals surface area (Å²) in [7, 11) is 0. The van der Waals surface area contributed by atoms with Crippen molar-refractivity contribution in [1.82, 2.24) is 4.90 Å². The molecule has 3 rings (SSSR count). The van der Waals surface area contributed by atoms with Gasteiger partial charge in [0.2, 0.25) is 5.91 Å². The lowest BCUT2D eigenvalue weighted by molar-refractivity contribution is -0.126. The van der Waals surface area contributed by atoms with Gasteiger partial charge in [0.1, 0.15) is 0 Å². The van der Waals surface area contributed by atoms with E-state index in [-0.39, 0.29) is 5.91 Å². The van der Waals surface area contributed by atoms with Crippen LogP contribution in [0.2, 0.25) is 15.1 Å². The van der Waals surface area contributed by atoms with Crippen LogP contribution in [0.15, 0.2) is 48.5 Å². The number of hydrogen-bond donors (Lipinski definition) is 0. The third-order valence-electron chi connectivity index (χ3n) is 4.13. The summed E-state index contributed by atoms with van der Waals surface area (Å²) in [5, 5.41) is 1.83. The van der Waals surface area contributed by atoms with Crippen LogP contribution >= 0.6 is 34.8 Å². The monoisotopic (exact) mass is 394 g/mol. The van der Waals surface area contributed by atoms with Gasteiger partial charge >= 0.3 is 0 Å². The fourth-order valence-corrected chi connectivity index (χ4v) is 3.42. The second-order valence-corrected chi connectivity index (χ2v) is 7.07. The molecule has 3 nitrogen and oxygen atoms in total. The standard InChI is InChI=1S/C19H17Cl3N2O/c20-15-2-1-3-17(12-15)23-8-10-24(11-9-23)19(25)7-5-14-4-6-16(21)13-18(14)22/h1-7,12-13H,8-11H2. The maximum absolute atomic E-state index is 12.4. The summed E-state index contributed by atoms with van der Waals surface area (Å²) in [5.74, 6) is -0.0169. The Balaban J connectivity index is 1.59. The molecule has 1 aliphatic heterocycles. The van der Waals surface area contributed by atoms with Crippen molar-refractivity contribution in [2.45, 2.75) is 0 Å². The molecule has 0 radical (unpaired) electrons. The van der Waals surface area contributed by atoms with Gasteiger partial charge in [-0.2, -0.15) is 0 Å². The first-order valence-electron chi connectivity index (χ1n) is 7.95. The Hall–Kier alpha value is -1.68. The van der Waals surface area contributed by atoms with Crippen molar-refractivity contribution in [2.75, 3.05) is 31.1 Å². The molecule has 25 heavy (non-hydrogen) atoms. The Morgan fingerprint density at radius 2 is 1.64 bits per heavy atom. The number of anilines is 1. The lowest BCUT2D eigenvalue weighted by atomic mass is 10.2. The summed E-state index contributed by atoms with van der Waals surface area (Å²) < 4.78 is 0. The molecule has 0 atom stereocenters. The number of nitrogens with zero attached hydrogens (tertiary/aromatic N) is 2. The number of rotatable bonds is 3. The number of amides is 1. The molecular weight excluding hydrogens is 379 g/mol. The maximum atomic E-state index is 12.4. The van der Waals surface area contributed by atoms with Crippen LogP contribution in [0.25, 0.3) is 6.08 Å². The zero-order chi connectivity index (χ0) is 17.8. The van der Waals surface area contributed by atoms with E-state index in [9.17, 15) is 4.79 Å². The third kappa shape index (κ3) is 4.69. The Morgan fingerprint density at radius 3 is 2.32 bits per heavy atom. The summed E-state index contributed by atoms with van der Waals surface area (Å²) in [5.41, 5.74) is 1.86. The van der Waals surface area contributed by atoms with Gasteiger partial charge in [0, 0.05) is 53.0 Å². The number of piperazine rings is 1. The molecule has 1 saturated heterocycles. The molecule has 0 aromatic heterocycles. The van der Waals surface area contributed by atoms with E-state index in [4.69, 9.17) is 34.8 Å². The topological polar surface area (TPSA) is 23.6 Å². The van der Waals surface area contributed by atoms with Crippen molar-refractivity contribution in [3.8, 4) is 0 Å². The Morgan fingerprint density at radius 1 is 0.920 bits per heavy atom. The van der Waals surface area contributed by atoms with E-state index < -0.39 is 0 Å². The summed E-state index contributed by atoms with van der Waals surface area (Å²) >= 11 is 18.0. The minimum Gasteiger partial charge on any atom is -0.368 e. The zero-order valence-electron chi connectivity index (χ0n) is 13.5. The van der Waals surface area contributed by atoms with E-state index in [2.05, 4.69) is 4.90 Å². The lowest BCUT2D eigenvalue weighted by Gasteiger charge is -2.35. The highest BCUT2D eigenvalue weighted by molar-refractivity contribution is 6.35. The van der Waals surface area contributed by atoms with Crippen molar-refractivity contribution in [2.24, 2.45) is 0 Å². The van der Waals surface area contributed by atoms with Crippen molar-refractivity contribution in [1.29, 1.82) is 0 Å². The Bertz CT molecular complexity index is 799. The molecular formula is C19H17Cl3N2O. The van der Waals surface area contributed by atoms with Gasteiger partial charge in [0.15, 0.2) is 0 Å². The van der Waals surface area contributed by atoms with Crippen LogP contribution in [0.1, 0.15) is 5.56 Å². The summed E-state index contributed by atoms with van der Waals surface area (Å²) in [4.78, 5) is 16.4. The van der Waals surface area contributed by atoms with Crippen LogP contribution < -0.4 is 4.90 Å². The molecule has 0 saturated carbocycles. The molecule has 2 aromatic rings. The van der Waals surface area contributed by atoms with Crippen molar-refractivity contribution in [3.05, 3.63) is 69.2 Å². The molecule has 1 fully saturated rings. The first-order chi connectivity index (χ1) is 12.0. The van der Waals surface area contributed by atoms with Gasteiger partial charge < -0.3 is 9.80 Å². The maximum Gasteiger partial charge on any atom is 0.246 e. The Kier molecular flexibility index (Phi) is 5.89. The van der Waals surface area contributed by atoms with Crippen LogP contribution in [-0.4, -0.2) is 37.0 Å². The average molecular weight is 396 g/mol. The van der Waals surface area contributed by atoms with Gasteiger partial charge in [-0.05, 0) is 42.0 Å². The highest BCUT2D eigenvalue weighted by atomic mass is 35.5. The van der Waals surface area contributed by atoms with Crippen molar-refractivity contribution >= 4 is 52.5 Å². The van der Waals surface area contributed by atoms with E-state index in [1.54, 1.807) is 30.4 Å². The molecule has 130 valence electrons. The molecule has 0 aliphatic carbocycles. The fraction of sp³-hybridized carbons (Fsp3) is 0.211. The van der Waals surface area contributed by atoms with E-state index in [1.807, 2.05) is 29.2 Å². The van der Waals surface area contributed by atoms with E-state index in [1.165, 1.54) is 0 Å². The molecule has 0 unspecified atom stereocenters. The van der Waals surface area contributed by atoms with Gasteiger partial charge in [-0.3, -0.25) is 4.79 Å². The highest BCUT2D eigenvalue weighted by Crippen LogP contribution is 2.23. The van der Waals surface area contributed by atoms with E-state index in [0.29, 0.717) is 23.1 Å². The van der Waals surface area contributed by atoms with Gasteiger partial charge in [-0.15, -0.1) is 0 Å². The Labute approximate surface area is 162 Å². The quantitative estimate of drug-likeness (QED) is 0.682. The summed E-state index contributed by atoms with van der Waals surface area (Å²) in [6, 6.07) is 13.0. The van der Waals surface area contributed by atoms with Crippen LogP contribution in [0.4, 0.5) is 5.69 Å². The number of carbonyl (C=O) groups is 1. The smallest absolute Gasteiger partial charge is 0.246 e. The van der Waals surface area contributed by atoms with Crippen molar-refractivity contribution < 1.29 is 4.79 Å². The second kappa shape index (κ2) is 8.13. The molecule has 6 heteroatoms. The van der Waals surface area contributed by atoms with Crippen LogP contribution in [0.3, 0.4) is 0 Å². The van der Waals surface area contributed by atoms with Crippen molar-refractivity contribution in [3.63, 3.8) is 0 Å². The van der Waals surface area contributed by atoms with Gasteiger partial charge in [-0.1, -0.05) is 46.9 Å². The predicted octanol–water partition coefficient (Wildman–Crippen LogP) is 5.01. The first kappa shape index (κ1) is 18.1. The van der Waals surface area contributed by atoms with Gasteiger partial charge in [-0.25, -0.2) is 0 Å². The summed E-state index contributed by atoms with van der Waals surface area (Å²) in [6.07, 6.45) is 3.29. The number of hydrogen-bond acceptors (Lipinski definition) is 2. The molecule has 0 bridgehead atoms. The predicted molar refractivity (Wildman–Crippen MR) is 106 cm³/mol. The van der Waals surface area contributed by atoms with E-state index in [0.717, 1.165) is 29.4 Å². The number of carbonyl (C=O) groups excluding carboxylic acids is 1.